The van der Waals surface area contributed by atoms with E-state index in [9.17, 15) is 0 Å². The van der Waals surface area contributed by atoms with Crippen molar-refractivity contribution in [2.75, 3.05) is 0 Å². The molecule has 1 nitrogen and oxygen atoms in total. The monoisotopic (exact) mass is 276 g/mol. The van der Waals surface area contributed by atoms with Gasteiger partial charge in [-0.05, 0) is 56.3 Å². The van der Waals surface area contributed by atoms with Gasteiger partial charge in [-0.1, -0.05) is 29.3 Å². The van der Waals surface area contributed by atoms with Crippen LogP contribution >= 0.6 is 0 Å². The Morgan fingerprint density at radius 3 is 2.33 bits per heavy atom. The first kappa shape index (κ1) is 13.8. The van der Waals surface area contributed by atoms with Crippen LogP contribution in [0.5, 0.6) is 0 Å². The lowest BCUT2D eigenvalue weighted by Crippen LogP contribution is -2.30. The normalized spacial score (nSPS) is 11.1. The maximum Gasteiger partial charge on any atom is 0.220 e. The minimum Gasteiger partial charge on any atom is -0.200 e. The van der Waals surface area contributed by atoms with Gasteiger partial charge in [0.2, 0.25) is 5.69 Å². The maximum absolute atomic E-state index is 2.30. The molecule has 1 heteroatoms. The largest absolute Gasteiger partial charge is 0.220 e. The lowest BCUT2D eigenvalue weighted by Gasteiger charge is -2.11. The first-order chi connectivity index (χ1) is 9.97. The molecule has 0 bridgehead atoms. The molecule has 0 aliphatic rings. The lowest BCUT2D eigenvalue weighted by molar-refractivity contribution is -0.659. The second-order valence-corrected chi connectivity index (χ2v) is 6.12. The molecule has 0 spiro atoms. The van der Waals surface area contributed by atoms with Crippen LogP contribution in [0.1, 0.15) is 22.3 Å². The van der Waals surface area contributed by atoms with Gasteiger partial charge in [0.25, 0.3) is 0 Å². The quantitative estimate of drug-likeness (QED) is 0.573. The molecule has 2 aromatic carbocycles. The summed E-state index contributed by atoms with van der Waals surface area (Å²) >= 11 is 0. The second kappa shape index (κ2) is 5.00. The highest BCUT2D eigenvalue weighted by Gasteiger charge is 2.18. The first-order valence-corrected chi connectivity index (χ1v) is 7.44. The highest BCUT2D eigenvalue weighted by atomic mass is 14.9. The Bertz CT molecular complexity index is 844. The van der Waals surface area contributed by atoms with E-state index in [2.05, 4.69) is 81.9 Å². The standard InChI is InChI=1S/C20H22N/c1-13-6-7-18-17(11-13)8-9-21(5)20(18)19-12-14(2)10-15(3)16(19)4/h6-12H,1-5H3/q+1. The highest BCUT2D eigenvalue weighted by Crippen LogP contribution is 2.30. The number of fused-ring (bicyclic) bond motifs is 1. The lowest BCUT2D eigenvalue weighted by atomic mass is 9.94. The Labute approximate surface area is 126 Å². The first-order valence-electron chi connectivity index (χ1n) is 7.44. The SMILES string of the molecule is Cc1cc(C)c(C)c(-c2c3ccc(C)cc3cc[n+]2C)c1. The molecule has 1 aromatic heterocycles. The topological polar surface area (TPSA) is 3.88 Å². The molecule has 106 valence electrons. The van der Waals surface area contributed by atoms with Crippen LogP contribution in [0.15, 0.2) is 42.6 Å². The summed E-state index contributed by atoms with van der Waals surface area (Å²) in [6, 6.07) is 13.5. The third-order valence-corrected chi connectivity index (χ3v) is 4.36. The van der Waals surface area contributed by atoms with E-state index < -0.39 is 0 Å². The molecular formula is C20H22N+. The highest BCUT2D eigenvalue weighted by molar-refractivity contribution is 5.94. The predicted molar refractivity (Wildman–Crippen MR) is 89.5 cm³/mol. The molecule has 0 saturated heterocycles. The van der Waals surface area contributed by atoms with Crippen molar-refractivity contribution in [1.29, 1.82) is 0 Å². The number of rotatable bonds is 1. The zero-order chi connectivity index (χ0) is 15.1. The number of aryl methyl sites for hydroxylation is 4. The number of nitrogens with zero attached hydrogens (tertiary/aromatic N) is 1. The van der Waals surface area contributed by atoms with Gasteiger partial charge in [-0.3, -0.25) is 0 Å². The summed E-state index contributed by atoms with van der Waals surface area (Å²) in [5, 5.41) is 2.63. The molecule has 3 rings (SSSR count). The Morgan fingerprint density at radius 1 is 0.810 bits per heavy atom. The van der Waals surface area contributed by atoms with Gasteiger partial charge in [0.1, 0.15) is 7.05 Å². The zero-order valence-corrected chi connectivity index (χ0v) is 13.5. The van der Waals surface area contributed by atoms with Gasteiger partial charge in [-0.15, -0.1) is 0 Å². The fourth-order valence-electron chi connectivity index (χ4n) is 3.11. The molecule has 0 fully saturated rings. The number of aromatic nitrogens is 1. The Hall–Kier alpha value is -2.15. The minimum atomic E-state index is 1.30. The van der Waals surface area contributed by atoms with Crippen LogP contribution in [0.4, 0.5) is 0 Å². The number of pyridine rings is 1. The summed E-state index contributed by atoms with van der Waals surface area (Å²) < 4.78 is 2.24. The van der Waals surface area contributed by atoms with Gasteiger partial charge in [0.05, 0.1) is 10.9 Å². The molecule has 0 radical (unpaired) electrons. The summed E-state index contributed by atoms with van der Waals surface area (Å²) in [5.74, 6) is 0. The number of hydrogen-bond donors (Lipinski definition) is 0. The fourth-order valence-corrected chi connectivity index (χ4v) is 3.11. The molecular weight excluding hydrogens is 254 g/mol. The van der Waals surface area contributed by atoms with E-state index in [0.717, 1.165) is 0 Å². The van der Waals surface area contributed by atoms with E-state index in [0.29, 0.717) is 0 Å². The number of hydrogen-bond acceptors (Lipinski definition) is 0. The summed E-state index contributed by atoms with van der Waals surface area (Å²) in [6.07, 6.45) is 2.16. The van der Waals surface area contributed by atoms with Gasteiger partial charge in [-0.25, -0.2) is 4.57 Å². The molecule has 0 amide bonds. The van der Waals surface area contributed by atoms with E-state index in [4.69, 9.17) is 0 Å². The van der Waals surface area contributed by atoms with Crippen LogP contribution in [-0.2, 0) is 7.05 Å². The molecule has 0 unspecified atom stereocenters. The molecule has 3 aromatic rings. The van der Waals surface area contributed by atoms with Crippen LogP contribution in [0, 0.1) is 27.7 Å². The van der Waals surface area contributed by atoms with Crippen LogP contribution in [0.3, 0.4) is 0 Å². The maximum atomic E-state index is 2.30. The summed E-state index contributed by atoms with van der Waals surface area (Å²) in [5.41, 5.74) is 7.98. The van der Waals surface area contributed by atoms with Gasteiger partial charge in [0, 0.05) is 6.07 Å². The Morgan fingerprint density at radius 2 is 1.57 bits per heavy atom. The molecule has 0 N–H and O–H groups in total. The molecule has 21 heavy (non-hydrogen) atoms. The third-order valence-electron chi connectivity index (χ3n) is 4.36. The van der Waals surface area contributed by atoms with Crippen LogP contribution < -0.4 is 4.57 Å². The van der Waals surface area contributed by atoms with E-state index in [-0.39, 0.29) is 0 Å². The zero-order valence-electron chi connectivity index (χ0n) is 13.5. The molecule has 1 heterocycles. The Balaban J connectivity index is 2.42. The Kier molecular flexibility index (Phi) is 3.29. The van der Waals surface area contributed by atoms with Crippen molar-refractivity contribution in [3.63, 3.8) is 0 Å². The van der Waals surface area contributed by atoms with E-state index in [1.165, 1.54) is 44.3 Å². The third kappa shape index (κ3) is 2.33. The molecule has 0 atom stereocenters. The second-order valence-electron chi connectivity index (χ2n) is 6.12. The smallest absolute Gasteiger partial charge is 0.200 e. The van der Waals surface area contributed by atoms with Crippen LogP contribution in [0.2, 0.25) is 0 Å². The van der Waals surface area contributed by atoms with Crippen molar-refractivity contribution in [1.82, 2.24) is 0 Å². The van der Waals surface area contributed by atoms with Crippen molar-refractivity contribution in [2.24, 2.45) is 7.05 Å². The average molecular weight is 276 g/mol. The molecule has 0 saturated carbocycles. The fraction of sp³-hybridized carbons (Fsp3) is 0.250. The number of benzene rings is 2. The van der Waals surface area contributed by atoms with Gasteiger partial charge >= 0.3 is 0 Å². The van der Waals surface area contributed by atoms with E-state index in [1.54, 1.807) is 0 Å². The van der Waals surface area contributed by atoms with Gasteiger partial charge < -0.3 is 0 Å². The van der Waals surface area contributed by atoms with Gasteiger partial charge in [-0.2, -0.15) is 0 Å². The van der Waals surface area contributed by atoms with Crippen molar-refractivity contribution in [2.45, 2.75) is 27.7 Å². The molecule has 0 aliphatic heterocycles. The average Bonchev–Trinajstić information content (AvgIpc) is 2.43. The van der Waals surface area contributed by atoms with Crippen molar-refractivity contribution >= 4 is 10.8 Å². The summed E-state index contributed by atoms with van der Waals surface area (Å²) in [7, 11) is 2.13. The molecule has 0 aliphatic carbocycles. The van der Waals surface area contributed by atoms with E-state index >= 15 is 0 Å². The minimum absolute atomic E-state index is 1.30. The van der Waals surface area contributed by atoms with E-state index in [1.807, 2.05) is 0 Å². The summed E-state index contributed by atoms with van der Waals surface area (Å²) in [4.78, 5) is 0. The van der Waals surface area contributed by atoms with Crippen molar-refractivity contribution < 1.29 is 4.57 Å². The van der Waals surface area contributed by atoms with Gasteiger partial charge in [0.15, 0.2) is 6.20 Å². The van der Waals surface area contributed by atoms with Crippen LogP contribution in [0.25, 0.3) is 22.0 Å². The predicted octanol–water partition coefficient (Wildman–Crippen LogP) is 4.56. The van der Waals surface area contributed by atoms with Crippen LogP contribution in [-0.4, -0.2) is 0 Å². The van der Waals surface area contributed by atoms with Crippen molar-refractivity contribution in [3.05, 3.63) is 64.8 Å². The summed E-state index contributed by atoms with van der Waals surface area (Å²) in [6.45, 7) is 8.73. The van der Waals surface area contributed by atoms with Crippen molar-refractivity contribution in [3.8, 4) is 11.3 Å².